The zero-order valence-corrected chi connectivity index (χ0v) is 57.4. The van der Waals surface area contributed by atoms with Crippen LogP contribution in [0.15, 0.2) is 364 Å². The summed E-state index contributed by atoms with van der Waals surface area (Å²) in [6.45, 7) is 0. The molecule has 0 fully saturated rings. The monoisotopic (exact) mass is 1440 g/mol. The Morgan fingerprint density at radius 2 is 0.391 bits per heavy atom. The minimum absolute atomic E-state index is 0. The predicted octanol–water partition coefficient (Wildman–Crippen LogP) is 21.7. The van der Waals surface area contributed by atoms with Crippen LogP contribution in [0.25, 0.3) is 0 Å². The minimum Gasteiger partial charge on any atom is -0.457 e. The van der Waals surface area contributed by atoms with Crippen LogP contribution in [-0.4, -0.2) is 23.1 Å². The van der Waals surface area contributed by atoms with Crippen molar-refractivity contribution in [2.45, 2.75) is 29.7 Å². The van der Waals surface area contributed by atoms with E-state index in [0.717, 1.165) is 44.5 Å². The van der Waals surface area contributed by atoms with Crippen molar-refractivity contribution in [2.75, 3.05) is 22.9 Å². The fraction of sp³-hybridized carbons (Fsp3) is 0.0400. The first kappa shape index (κ1) is 82.1. The zero-order valence-electron chi connectivity index (χ0n) is 57.4. The average Bonchev–Trinajstić information content (AvgIpc) is 0.859. The summed E-state index contributed by atoms with van der Waals surface area (Å²) in [5.41, 5.74) is 37.6. The molecule has 10 heteroatoms. The summed E-state index contributed by atoms with van der Waals surface area (Å²) < 4.78 is 11.5. The number of benzene rings is 14. The summed E-state index contributed by atoms with van der Waals surface area (Å²) in [4.78, 5) is 50.3. The molecule has 0 radical (unpaired) electrons. The first-order valence-corrected chi connectivity index (χ1v) is 33.6. The molecule has 0 aromatic heterocycles. The van der Waals surface area contributed by atoms with Crippen molar-refractivity contribution in [2.24, 2.45) is 0 Å². The number of hydrogen-bond donors (Lipinski definition) is 4. The molecule has 0 bridgehead atoms. The number of rotatable bonds is 12. The lowest BCUT2D eigenvalue weighted by molar-refractivity contribution is 0.103. The maximum Gasteiger partial charge on any atom is 0.193 e. The van der Waals surface area contributed by atoms with E-state index in [1.165, 1.54) is 0 Å². The topological polar surface area (TPSA) is 191 Å². The van der Waals surface area contributed by atoms with Gasteiger partial charge in [-0.25, -0.2) is 0 Å². The van der Waals surface area contributed by atoms with Crippen LogP contribution in [0.3, 0.4) is 0 Å². The van der Waals surface area contributed by atoms with Gasteiger partial charge in [0.05, 0.1) is 0 Å². The van der Waals surface area contributed by atoms with Crippen molar-refractivity contribution >= 4 is 45.9 Å². The van der Waals surface area contributed by atoms with E-state index < -0.39 is 0 Å². The third-order valence-corrected chi connectivity index (χ3v) is 15.9. The third-order valence-electron chi connectivity index (χ3n) is 15.9. The van der Waals surface area contributed by atoms with Crippen molar-refractivity contribution in [3.63, 3.8) is 0 Å². The number of anilines is 4. The molecule has 0 atom stereocenters. The highest BCUT2D eigenvalue weighted by Crippen LogP contribution is 2.27. The highest BCUT2D eigenvalue weighted by Gasteiger charge is 2.14. The van der Waals surface area contributed by atoms with Gasteiger partial charge in [-0.2, -0.15) is 0 Å². The first-order valence-electron chi connectivity index (χ1n) is 33.6. The Morgan fingerprint density at radius 1 is 0.182 bits per heavy atom. The van der Waals surface area contributed by atoms with E-state index in [-0.39, 0.29) is 52.8 Å². The standard InChI is InChI=1S/2C27H19NO2.2C21H15NO.4CH4/c28-24-7-4-8-26(19-24)30-25-17-15-23(16-18-25)27(29)22-13-11-21(12-14-22)10-9-20-5-2-1-3-6-20;28-24-14-18-26(19-15-24)30-25-16-12-23(13-17-25)27(29)22-10-8-21(9-11-22)7-6-20-4-2-1-3-5-20;22-20-8-4-7-19(15-20)21(23)18-13-11-17(12-14-18)10-9-16-5-2-1-3-6-16;22-20-14-12-19(13-15-20)21(23)18-10-8-17(9-11-18)7-6-16-4-2-1-3-5-16;;;;/h1-8,11-19H,28H2;1-5,8-19H,28H2;1-8,11-15H,22H2;1-5,8-15H,22H2;4*1H4. The molecule has 0 saturated carbocycles. The molecule has 0 saturated heterocycles. The molecule has 14 aromatic rings. The second-order valence-corrected chi connectivity index (χ2v) is 23.7. The van der Waals surface area contributed by atoms with E-state index in [1.807, 2.05) is 182 Å². The molecule has 0 amide bonds. The number of nitrogens with two attached hydrogens (primary N) is 4. The lowest BCUT2D eigenvalue weighted by Crippen LogP contribution is -2.01. The van der Waals surface area contributed by atoms with Gasteiger partial charge in [0.15, 0.2) is 23.1 Å². The molecule has 0 unspecified atom stereocenters. The van der Waals surface area contributed by atoms with Gasteiger partial charge in [0, 0.05) is 118 Å². The molecular formula is C100H84N4O6. The highest BCUT2D eigenvalue weighted by molar-refractivity contribution is 6.11. The summed E-state index contributed by atoms with van der Waals surface area (Å²) in [5, 5.41) is 0. The Morgan fingerprint density at radius 3 is 0.664 bits per heavy atom. The Kier molecular flexibility index (Phi) is 31.3. The molecule has 0 heterocycles. The quantitative estimate of drug-likeness (QED) is 0.0520. The number of carbonyl (C=O) groups is 4. The molecule has 540 valence electrons. The maximum absolute atomic E-state index is 12.8. The maximum atomic E-state index is 12.8. The van der Waals surface area contributed by atoms with Gasteiger partial charge in [0.25, 0.3) is 0 Å². The smallest absolute Gasteiger partial charge is 0.193 e. The number of ether oxygens (including phenoxy) is 2. The second kappa shape index (κ2) is 41.9. The van der Waals surface area contributed by atoms with Gasteiger partial charge in [-0.15, -0.1) is 0 Å². The van der Waals surface area contributed by atoms with Gasteiger partial charge in [-0.3, -0.25) is 19.2 Å². The summed E-state index contributed by atoms with van der Waals surface area (Å²) in [5.74, 6) is 27.3. The molecule has 0 spiro atoms. The number of carbonyl (C=O) groups excluding carboxylic acids is 4. The third kappa shape index (κ3) is 25.0. The molecule has 8 N–H and O–H groups in total. The van der Waals surface area contributed by atoms with Crippen molar-refractivity contribution in [1.82, 2.24) is 0 Å². The summed E-state index contributed by atoms with van der Waals surface area (Å²) in [6, 6.07) is 111. The summed E-state index contributed by atoms with van der Waals surface area (Å²) in [7, 11) is 0. The van der Waals surface area contributed by atoms with E-state index >= 15 is 0 Å². The lowest BCUT2D eigenvalue weighted by atomic mass is 10.0. The number of nitrogen functional groups attached to an aromatic ring is 4. The van der Waals surface area contributed by atoms with E-state index in [2.05, 4.69) is 47.4 Å². The van der Waals surface area contributed by atoms with Crippen LogP contribution in [0.4, 0.5) is 22.7 Å². The van der Waals surface area contributed by atoms with Crippen LogP contribution in [-0.2, 0) is 0 Å². The van der Waals surface area contributed by atoms with Crippen molar-refractivity contribution in [1.29, 1.82) is 0 Å². The molecule has 10 nitrogen and oxygen atoms in total. The van der Waals surface area contributed by atoms with E-state index in [9.17, 15) is 19.2 Å². The fourth-order valence-electron chi connectivity index (χ4n) is 10.2. The van der Waals surface area contributed by atoms with E-state index in [4.69, 9.17) is 32.4 Å². The SMILES string of the molecule is C.C.C.C.Nc1ccc(C(=O)c2ccc(C#Cc3ccccc3)cc2)cc1.Nc1ccc(Oc2ccc(C(=O)c3ccc(C#Cc4ccccc4)cc3)cc2)cc1.Nc1cccc(C(=O)c2ccc(C#Cc3ccccc3)cc2)c1.Nc1cccc(Oc2ccc(C(=O)c3ccc(C#Cc4ccccc4)cc3)cc2)c1. The molecule has 0 aliphatic carbocycles. The van der Waals surface area contributed by atoms with Crippen LogP contribution >= 0.6 is 0 Å². The number of hydrogen-bond acceptors (Lipinski definition) is 10. The van der Waals surface area contributed by atoms with Gasteiger partial charge in [0.1, 0.15) is 23.0 Å². The Hall–Kier alpha value is -15.2. The molecular weight excluding hydrogens is 1350 g/mol. The molecule has 0 aliphatic heterocycles. The summed E-state index contributed by atoms with van der Waals surface area (Å²) in [6.07, 6.45) is 0. The van der Waals surface area contributed by atoms with Gasteiger partial charge >= 0.3 is 0 Å². The average molecular weight is 1440 g/mol. The van der Waals surface area contributed by atoms with E-state index in [1.54, 1.807) is 182 Å². The summed E-state index contributed by atoms with van der Waals surface area (Å²) >= 11 is 0. The lowest BCUT2D eigenvalue weighted by Gasteiger charge is -2.07. The molecule has 14 rings (SSSR count). The Labute approximate surface area is 646 Å². The van der Waals surface area contributed by atoms with Crippen LogP contribution in [0.1, 0.15) is 138 Å². The first-order chi connectivity index (χ1) is 51.8. The van der Waals surface area contributed by atoms with Gasteiger partial charge in [0.2, 0.25) is 0 Å². The van der Waals surface area contributed by atoms with Crippen molar-refractivity contribution in [3.8, 4) is 70.4 Å². The van der Waals surface area contributed by atoms with Crippen LogP contribution in [0.2, 0.25) is 0 Å². The molecule has 110 heavy (non-hydrogen) atoms. The fourth-order valence-corrected chi connectivity index (χ4v) is 10.2. The predicted molar refractivity (Wildman–Crippen MR) is 453 cm³/mol. The largest absolute Gasteiger partial charge is 0.457 e. The van der Waals surface area contributed by atoms with Gasteiger partial charge in [-0.1, -0.05) is 168 Å². The molecule has 14 aromatic carbocycles. The second-order valence-electron chi connectivity index (χ2n) is 23.7. The van der Waals surface area contributed by atoms with Crippen LogP contribution in [0.5, 0.6) is 23.0 Å². The Bertz CT molecular complexity index is 5580. The zero-order chi connectivity index (χ0) is 73.7. The van der Waals surface area contributed by atoms with Crippen LogP contribution < -0.4 is 32.4 Å². The van der Waals surface area contributed by atoms with Crippen LogP contribution in [0, 0.1) is 47.4 Å². The van der Waals surface area contributed by atoms with Gasteiger partial charge in [-0.05, 0) is 267 Å². The number of ketones is 4. The normalized spacial score (nSPS) is 9.53. The molecule has 0 aliphatic rings. The van der Waals surface area contributed by atoms with Gasteiger partial charge < -0.3 is 32.4 Å². The Balaban J connectivity index is 0.000000203. The van der Waals surface area contributed by atoms with Crippen molar-refractivity contribution in [3.05, 3.63) is 453 Å². The van der Waals surface area contributed by atoms with Crippen molar-refractivity contribution < 1.29 is 28.7 Å². The highest BCUT2D eigenvalue weighted by atomic mass is 16.5. The van der Waals surface area contributed by atoms with E-state index in [0.29, 0.717) is 90.3 Å². The minimum atomic E-state index is -0.0481.